The Morgan fingerprint density at radius 2 is 1.80 bits per heavy atom. The molecule has 0 saturated heterocycles. The molecule has 102 valence electrons. The molecule has 0 radical (unpaired) electrons. The molecule has 5 heteroatoms. The average molecular weight is 270 g/mol. The maximum atomic E-state index is 12.4. The second-order valence-corrected chi connectivity index (χ2v) is 4.87. The molecule has 0 bridgehead atoms. The highest BCUT2D eigenvalue weighted by atomic mass is 16.3. The number of carbonyl (C=O) groups excluding carboxylic acids is 1. The lowest BCUT2D eigenvalue weighted by Gasteiger charge is -2.01. The zero-order chi connectivity index (χ0) is 14.4. The minimum Gasteiger partial charge on any atom is -0.461 e. The summed E-state index contributed by atoms with van der Waals surface area (Å²) in [5.74, 6) is 0.163. The highest BCUT2D eigenvalue weighted by molar-refractivity contribution is 6.09. The topological polar surface area (TPSA) is 57.1 Å². The number of fused-ring (bicyclic) bond motifs is 1. The Hall–Kier alpha value is -2.56. The minimum absolute atomic E-state index is 0.112. The molecule has 20 heavy (non-hydrogen) atoms. The van der Waals surface area contributed by atoms with Gasteiger partial charge in [-0.2, -0.15) is 0 Å². The Kier molecular flexibility index (Phi) is 2.64. The second kappa shape index (κ2) is 4.23. The summed E-state index contributed by atoms with van der Waals surface area (Å²) in [6, 6.07) is 6.97. The van der Waals surface area contributed by atoms with E-state index in [4.69, 9.17) is 4.42 Å². The number of hydrogen-bond acceptors (Lipinski definition) is 3. The number of nitrogens with zero attached hydrogens (tertiary/aromatic N) is 2. The molecular formula is C15H14N2O3. The molecule has 0 amide bonds. The Balaban J connectivity index is 2.19. The first-order valence-corrected chi connectivity index (χ1v) is 6.25. The number of ketones is 1. The number of imidazole rings is 1. The first kappa shape index (κ1) is 12.5. The van der Waals surface area contributed by atoms with E-state index < -0.39 is 0 Å². The molecule has 0 aliphatic heterocycles. The summed E-state index contributed by atoms with van der Waals surface area (Å²) < 4.78 is 8.31. The van der Waals surface area contributed by atoms with Crippen molar-refractivity contribution >= 4 is 16.8 Å². The number of furan rings is 1. The molecule has 0 aliphatic carbocycles. The summed E-state index contributed by atoms with van der Waals surface area (Å²) in [5.41, 5.74) is 2.73. The van der Waals surface area contributed by atoms with Gasteiger partial charge in [-0.15, -0.1) is 0 Å². The molecule has 3 aromatic rings. The summed E-state index contributed by atoms with van der Waals surface area (Å²) in [4.78, 5) is 24.3. The van der Waals surface area contributed by atoms with Gasteiger partial charge in [-0.3, -0.25) is 13.9 Å². The van der Waals surface area contributed by atoms with Gasteiger partial charge in [-0.1, -0.05) is 0 Å². The Morgan fingerprint density at radius 1 is 1.10 bits per heavy atom. The predicted molar refractivity (Wildman–Crippen MR) is 75.0 cm³/mol. The number of aryl methyl sites for hydroxylation is 3. The van der Waals surface area contributed by atoms with E-state index >= 15 is 0 Å². The van der Waals surface area contributed by atoms with Gasteiger partial charge in [0.05, 0.1) is 17.3 Å². The maximum Gasteiger partial charge on any atom is 0.328 e. The molecule has 0 spiro atoms. The number of benzene rings is 1. The van der Waals surface area contributed by atoms with Crippen molar-refractivity contribution < 1.29 is 9.21 Å². The lowest BCUT2D eigenvalue weighted by Crippen LogP contribution is -2.19. The first-order chi connectivity index (χ1) is 9.50. The molecule has 0 aliphatic rings. The number of rotatable bonds is 2. The van der Waals surface area contributed by atoms with Crippen LogP contribution in [0.1, 0.15) is 21.7 Å². The van der Waals surface area contributed by atoms with Gasteiger partial charge in [0.1, 0.15) is 0 Å². The largest absolute Gasteiger partial charge is 0.461 e. The number of aromatic nitrogens is 2. The number of hydrogen-bond donors (Lipinski definition) is 0. The molecule has 0 saturated carbocycles. The Morgan fingerprint density at radius 3 is 2.45 bits per heavy atom. The molecule has 0 atom stereocenters. The normalized spacial score (nSPS) is 11.2. The third kappa shape index (κ3) is 1.63. The van der Waals surface area contributed by atoms with Crippen molar-refractivity contribution in [3.63, 3.8) is 0 Å². The molecule has 3 rings (SSSR count). The van der Waals surface area contributed by atoms with E-state index in [1.807, 2.05) is 6.92 Å². The van der Waals surface area contributed by atoms with Crippen LogP contribution in [0.3, 0.4) is 0 Å². The van der Waals surface area contributed by atoms with E-state index in [9.17, 15) is 9.59 Å². The lowest BCUT2D eigenvalue weighted by atomic mass is 10.1. The molecule has 0 unspecified atom stereocenters. The van der Waals surface area contributed by atoms with Crippen molar-refractivity contribution in [2.45, 2.75) is 6.92 Å². The van der Waals surface area contributed by atoms with Crippen LogP contribution in [0, 0.1) is 6.92 Å². The fourth-order valence-corrected chi connectivity index (χ4v) is 2.38. The Bertz CT molecular complexity index is 880. The van der Waals surface area contributed by atoms with Crippen molar-refractivity contribution in [3.05, 3.63) is 57.9 Å². The summed E-state index contributed by atoms with van der Waals surface area (Å²) in [6.45, 7) is 1.83. The third-order valence-corrected chi connectivity index (χ3v) is 3.60. The average Bonchev–Trinajstić information content (AvgIpc) is 2.97. The summed E-state index contributed by atoms with van der Waals surface area (Å²) >= 11 is 0. The quantitative estimate of drug-likeness (QED) is 0.669. The zero-order valence-electron chi connectivity index (χ0n) is 11.5. The van der Waals surface area contributed by atoms with Crippen molar-refractivity contribution in [2.75, 3.05) is 0 Å². The van der Waals surface area contributed by atoms with Gasteiger partial charge >= 0.3 is 5.69 Å². The van der Waals surface area contributed by atoms with E-state index in [-0.39, 0.29) is 11.5 Å². The summed E-state index contributed by atoms with van der Waals surface area (Å²) in [6.07, 6.45) is 1.50. The molecule has 0 fully saturated rings. The smallest absolute Gasteiger partial charge is 0.328 e. The standard InChI is InChI=1S/C15H14N2O3/c1-9-6-7-20-14(9)13(18)10-4-5-11-12(8-10)17(3)15(19)16(11)2/h4-8H,1-3H3. The van der Waals surface area contributed by atoms with E-state index in [2.05, 4.69) is 0 Å². The molecule has 0 N–H and O–H groups in total. The van der Waals surface area contributed by atoms with Crippen LogP contribution < -0.4 is 5.69 Å². The summed E-state index contributed by atoms with van der Waals surface area (Å²) in [5, 5.41) is 0. The number of carbonyl (C=O) groups is 1. The first-order valence-electron chi connectivity index (χ1n) is 6.25. The van der Waals surface area contributed by atoms with Crippen molar-refractivity contribution in [2.24, 2.45) is 14.1 Å². The fourth-order valence-electron chi connectivity index (χ4n) is 2.38. The van der Waals surface area contributed by atoms with Crippen LogP contribution in [0.2, 0.25) is 0 Å². The van der Waals surface area contributed by atoms with Crippen molar-refractivity contribution in [1.29, 1.82) is 0 Å². The van der Waals surface area contributed by atoms with Gasteiger partial charge in [0.25, 0.3) is 0 Å². The van der Waals surface area contributed by atoms with Crippen LogP contribution in [-0.4, -0.2) is 14.9 Å². The maximum absolute atomic E-state index is 12.4. The molecule has 2 heterocycles. The lowest BCUT2D eigenvalue weighted by molar-refractivity contribution is 0.101. The molecular weight excluding hydrogens is 256 g/mol. The van der Waals surface area contributed by atoms with Gasteiger partial charge in [0.2, 0.25) is 5.78 Å². The SMILES string of the molecule is Cc1ccoc1C(=O)c1ccc2c(c1)n(C)c(=O)n2C. The zero-order valence-corrected chi connectivity index (χ0v) is 11.5. The molecule has 5 nitrogen and oxygen atoms in total. The van der Waals surface area contributed by atoms with Crippen LogP contribution in [0.25, 0.3) is 11.0 Å². The fraction of sp³-hybridized carbons (Fsp3) is 0.200. The van der Waals surface area contributed by atoms with Crippen molar-refractivity contribution in [3.8, 4) is 0 Å². The van der Waals surface area contributed by atoms with Crippen molar-refractivity contribution in [1.82, 2.24) is 9.13 Å². The van der Waals surface area contributed by atoms with E-state index in [0.29, 0.717) is 11.3 Å². The highest BCUT2D eigenvalue weighted by Crippen LogP contribution is 2.19. The van der Waals surface area contributed by atoms with Gasteiger partial charge in [-0.25, -0.2) is 4.79 Å². The van der Waals surface area contributed by atoms with Crippen LogP contribution in [0.4, 0.5) is 0 Å². The molecule has 1 aromatic carbocycles. The van der Waals surface area contributed by atoms with Gasteiger partial charge in [0, 0.05) is 19.7 Å². The van der Waals surface area contributed by atoms with Gasteiger partial charge < -0.3 is 4.42 Å². The third-order valence-electron chi connectivity index (χ3n) is 3.60. The van der Waals surface area contributed by atoms with Crippen LogP contribution >= 0.6 is 0 Å². The van der Waals surface area contributed by atoms with E-state index in [1.165, 1.54) is 10.8 Å². The Labute approximate surface area is 115 Å². The predicted octanol–water partition coefficient (Wildman–Crippen LogP) is 2.01. The minimum atomic E-state index is -0.175. The van der Waals surface area contributed by atoms with Crippen LogP contribution in [0.5, 0.6) is 0 Å². The van der Waals surface area contributed by atoms with E-state index in [0.717, 1.165) is 16.6 Å². The monoisotopic (exact) mass is 270 g/mol. The summed E-state index contributed by atoms with van der Waals surface area (Å²) in [7, 11) is 3.40. The van der Waals surface area contributed by atoms with E-state index in [1.54, 1.807) is 42.9 Å². The van der Waals surface area contributed by atoms with Gasteiger partial charge in [-0.05, 0) is 36.8 Å². The van der Waals surface area contributed by atoms with Gasteiger partial charge in [0.15, 0.2) is 5.76 Å². The second-order valence-electron chi connectivity index (χ2n) is 4.87. The molecule has 2 aromatic heterocycles. The van der Waals surface area contributed by atoms with Crippen LogP contribution in [0.15, 0.2) is 39.7 Å². The van der Waals surface area contributed by atoms with Crippen LogP contribution in [-0.2, 0) is 14.1 Å². The highest BCUT2D eigenvalue weighted by Gasteiger charge is 2.17.